The largest absolute Gasteiger partial charge is 0.385 e. The molecule has 1 aliphatic heterocycles. The molecular weight excluding hydrogens is 364 g/mol. The molecule has 3 aromatic rings. The van der Waals surface area contributed by atoms with Crippen molar-refractivity contribution < 1.29 is 9.53 Å². The van der Waals surface area contributed by atoms with E-state index in [0.29, 0.717) is 30.7 Å². The number of hydrogen-bond donors (Lipinski definition) is 1. The number of aromatic nitrogens is 3. The molecule has 0 bridgehead atoms. The Hall–Kier alpha value is -2.32. The van der Waals surface area contributed by atoms with Crippen LogP contribution in [0.1, 0.15) is 12.0 Å². The topological polar surface area (TPSA) is 78.2 Å². The maximum absolute atomic E-state index is 13.1. The summed E-state index contributed by atoms with van der Waals surface area (Å²) in [6, 6.07) is 5.99. The van der Waals surface area contributed by atoms with Gasteiger partial charge >= 0.3 is 0 Å². The smallest absolute Gasteiger partial charge is 0.278 e. The van der Waals surface area contributed by atoms with Crippen LogP contribution in [0.2, 0.25) is 0 Å². The van der Waals surface area contributed by atoms with Crippen LogP contribution in [0.15, 0.2) is 28.2 Å². The zero-order valence-electron chi connectivity index (χ0n) is 15.4. The zero-order valence-corrected chi connectivity index (χ0v) is 16.3. The summed E-state index contributed by atoms with van der Waals surface area (Å²) in [4.78, 5) is 30.3. The van der Waals surface area contributed by atoms with Crippen molar-refractivity contribution in [3.05, 3.63) is 34.1 Å². The molecule has 142 valence electrons. The predicted molar refractivity (Wildman–Crippen MR) is 106 cm³/mol. The minimum Gasteiger partial charge on any atom is -0.385 e. The van der Waals surface area contributed by atoms with Gasteiger partial charge in [-0.15, -0.1) is 0 Å². The van der Waals surface area contributed by atoms with Crippen molar-refractivity contribution in [1.82, 2.24) is 19.4 Å². The molecule has 1 N–H and O–H groups in total. The number of aryl methyl sites for hydroxylation is 1. The number of thioether (sulfide) groups is 1. The first-order chi connectivity index (χ1) is 13.1. The molecule has 0 spiro atoms. The van der Waals surface area contributed by atoms with Gasteiger partial charge in [-0.3, -0.25) is 14.2 Å². The van der Waals surface area contributed by atoms with Crippen LogP contribution in [0, 0.1) is 6.92 Å². The lowest BCUT2D eigenvalue weighted by atomic mass is 10.1. The minimum atomic E-state index is -0.121. The number of fused-ring (bicyclic) bond motifs is 4. The van der Waals surface area contributed by atoms with E-state index < -0.39 is 0 Å². The maximum atomic E-state index is 13.1. The Morgan fingerprint density at radius 1 is 1.41 bits per heavy atom. The van der Waals surface area contributed by atoms with Crippen molar-refractivity contribution in [2.45, 2.75) is 31.6 Å². The molecule has 7 nitrogen and oxygen atoms in total. The number of ether oxygens (including phenoxy) is 1. The summed E-state index contributed by atoms with van der Waals surface area (Å²) >= 11 is 1.60. The van der Waals surface area contributed by atoms with Gasteiger partial charge in [0.15, 0.2) is 5.16 Å². The first-order valence-electron chi connectivity index (χ1n) is 9.02. The van der Waals surface area contributed by atoms with Crippen molar-refractivity contribution in [1.29, 1.82) is 0 Å². The Morgan fingerprint density at radius 2 is 2.26 bits per heavy atom. The molecule has 4 rings (SSSR count). The highest BCUT2D eigenvalue weighted by Gasteiger charge is 2.23. The summed E-state index contributed by atoms with van der Waals surface area (Å²) in [5, 5.41) is 4.58. The van der Waals surface area contributed by atoms with Gasteiger partial charge in [0.2, 0.25) is 5.91 Å². The van der Waals surface area contributed by atoms with Crippen LogP contribution in [0.3, 0.4) is 0 Å². The van der Waals surface area contributed by atoms with Crippen LogP contribution in [0.4, 0.5) is 0 Å². The molecule has 27 heavy (non-hydrogen) atoms. The van der Waals surface area contributed by atoms with Crippen LogP contribution in [-0.2, 0) is 22.6 Å². The maximum Gasteiger partial charge on any atom is 0.278 e. The van der Waals surface area contributed by atoms with Gasteiger partial charge in [-0.25, -0.2) is 4.98 Å². The van der Waals surface area contributed by atoms with Crippen LogP contribution in [-0.4, -0.2) is 46.0 Å². The van der Waals surface area contributed by atoms with Gasteiger partial charge in [0.25, 0.3) is 5.56 Å². The highest BCUT2D eigenvalue weighted by Crippen LogP contribution is 2.30. The van der Waals surface area contributed by atoms with Crippen molar-refractivity contribution in [3.8, 4) is 0 Å². The van der Waals surface area contributed by atoms with Crippen LogP contribution in [0.25, 0.3) is 21.9 Å². The zero-order chi connectivity index (χ0) is 19.0. The molecule has 1 aliphatic rings. The molecule has 0 saturated heterocycles. The number of nitrogens with one attached hydrogen (secondary N) is 1. The third-order valence-electron chi connectivity index (χ3n) is 4.77. The molecular formula is C19H22N4O3S. The number of hydrogen-bond acceptors (Lipinski definition) is 5. The van der Waals surface area contributed by atoms with Crippen molar-refractivity contribution in [2.75, 3.05) is 26.0 Å². The standard InChI is InChI=1S/C19H22N4O3S/c1-12-4-5-14-13(10-12)16-17(18(25)22-7-9-27-19(22)21-16)23(14)11-15(24)20-6-3-8-26-2/h4-5,10H,3,6-9,11H2,1-2H3,(H,20,24). The van der Waals surface area contributed by atoms with E-state index in [1.54, 1.807) is 28.0 Å². The molecule has 0 saturated carbocycles. The highest BCUT2D eigenvalue weighted by atomic mass is 32.2. The van der Waals surface area contributed by atoms with Crippen molar-refractivity contribution >= 4 is 39.6 Å². The number of benzene rings is 1. The Labute approximate surface area is 160 Å². The van der Waals surface area contributed by atoms with Gasteiger partial charge in [-0.05, 0) is 25.5 Å². The summed E-state index contributed by atoms with van der Waals surface area (Å²) in [6.07, 6.45) is 0.754. The normalized spacial score (nSPS) is 13.4. The minimum absolute atomic E-state index is 0.0685. The highest BCUT2D eigenvalue weighted by molar-refractivity contribution is 7.99. The first kappa shape index (κ1) is 18.1. The fourth-order valence-electron chi connectivity index (χ4n) is 3.50. The fourth-order valence-corrected chi connectivity index (χ4v) is 4.44. The lowest BCUT2D eigenvalue weighted by Gasteiger charge is -2.09. The Kier molecular flexibility index (Phi) is 4.92. The molecule has 3 heterocycles. The van der Waals surface area contributed by atoms with Crippen molar-refractivity contribution in [3.63, 3.8) is 0 Å². The van der Waals surface area contributed by atoms with E-state index in [2.05, 4.69) is 5.32 Å². The molecule has 0 unspecified atom stereocenters. The number of carbonyl (C=O) groups is 1. The van der Waals surface area contributed by atoms with E-state index in [4.69, 9.17) is 9.72 Å². The van der Waals surface area contributed by atoms with Gasteiger partial charge in [-0.1, -0.05) is 23.4 Å². The summed E-state index contributed by atoms with van der Waals surface area (Å²) < 4.78 is 8.52. The lowest BCUT2D eigenvalue weighted by Crippen LogP contribution is -2.30. The Bertz CT molecular complexity index is 1090. The molecule has 2 aromatic heterocycles. The van der Waals surface area contributed by atoms with Gasteiger partial charge < -0.3 is 14.6 Å². The molecule has 0 aliphatic carbocycles. The molecule has 0 radical (unpaired) electrons. The van der Waals surface area contributed by atoms with Gasteiger partial charge in [0.1, 0.15) is 17.6 Å². The molecule has 0 fully saturated rings. The predicted octanol–water partition coefficient (Wildman–Crippen LogP) is 1.92. The monoisotopic (exact) mass is 386 g/mol. The fraction of sp³-hybridized carbons (Fsp3) is 0.421. The summed E-state index contributed by atoms with van der Waals surface area (Å²) in [6.45, 7) is 3.92. The molecule has 8 heteroatoms. The molecule has 0 atom stereocenters. The quantitative estimate of drug-likeness (QED) is 0.517. The third-order valence-corrected chi connectivity index (χ3v) is 5.73. The second-order valence-electron chi connectivity index (χ2n) is 6.70. The molecule has 1 aromatic carbocycles. The summed E-state index contributed by atoms with van der Waals surface area (Å²) in [7, 11) is 1.64. The SMILES string of the molecule is COCCCNC(=O)Cn1c2ccc(C)cc2c2nc3n(c(=O)c21)CCS3. The van der Waals surface area contributed by atoms with E-state index in [1.165, 1.54) is 0 Å². The molecule has 1 amide bonds. The lowest BCUT2D eigenvalue weighted by molar-refractivity contribution is -0.121. The number of nitrogens with zero attached hydrogens (tertiary/aromatic N) is 3. The van der Waals surface area contributed by atoms with Crippen molar-refractivity contribution in [2.24, 2.45) is 0 Å². The first-order valence-corrected chi connectivity index (χ1v) is 10.0. The number of amides is 1. The third kappa shape index (κ3) is 3.23. The Morgan fingerprint density at radius 3 is 3.07 bits per heavy atom. The summed E-state index contributed by atoms with van der Waals surface area (Å²) in [5.74, 6) is 0.732. The van der Waals surface area contributed by atoms with Crippen LogP contribution >= 0.6 is 11.8 Å². The second-order valence-corrected chi connectivity index (χ2v) is 7.76. The van der Waals surface area contributed by atoms with E-state index in [9.17, 15) is 9.59 Å². The summed E-state index contributed by atoms with van der Waals surface area (Å²) in [5.41, 5.74) is 3.09. The second kappa shape index (κ2) is 7.36. The number of rotatable bonds is 6. The van der Waals surface area contributed by atoms with Crippen LogP contribution < -0.4 is 10.9 Å². The van der Waals surface area contributed by atoms with E-state index in [1.807, 2.05) is 25.1 Å². The number of methoxy groups -OCH3 is 1. The van der Waals surface area contributed by atoms with E-state index in [0.717, 1.165) is 33.8 Å². The number of carbonyl (C=O) groups excluding carboxylic acids is 1. The van der Waals surface area contributed by atoms with Gasteiger partial charge in [-0.2, -0.15) is 0 Å². The van der Waals surface area contributed by atoms with Gasteiger partial charge in [0, 0.05) is 37.9 Å². The Balaban J connectivity index is 1.80. The van der Waals surface area contributed by atoms with Crippen LogP contribution in [0.5, 0.6) is 0 Å². The van der Waals surface area contributed by atoms with E-state index >= 15 is 0 Å². The average Bonchev–Trinajstić information content (AvgIpc) is 3.23. The average molecular weight is 386 g/mol. The van der Waals surface area contributed by atoms with Gasteiger partial charge in [0.05, 0.1) is 5.52 Å². The van der Waals surface area contributed by atoms with E-state index in [-0.39, 0.29) is 18.0 Å².